The minimum absolute atomic E-state index is 0.140. The smallest absolute Gasteiger partial charge is 0.255 e. The second kappa shape index (κ2) is 9.93. The predicted molar refractivity (Wildman–Crippen MR) is 123 cm³/mol. The maximum atomic E-state index is 12.4. The van der Waals surface area contributed by atoms with Crippen LogP contribution in [0.2, 0.25) is 0 Å². The van der Waals surface area contributed by atoms with Crippen molar-refractivity contribution in [3.05, 3.63) is 82.3 Å². The van der Waals surface area contributed by atoms with E-state index in [0.717, 1.165) is 21.5 Å². The molecule has 3 aromatic rings. The highest BCUT2D eigenvalue weighted by Crippen LogP contribution is 2.20. The van der Waals surface area contributed by atoms with Crippen molar-refractivity contribution >= 4 is 44.8 Å². The summed E-state index contributed by atoms with van der Waals surface area (Å²) < 4.78 is 6.12. The van der Waals surface area contributed by atoms with Gasteiger partial charge in [-0.05, 0) is 79.2 Å². The molecule has 0 spiro atoms. The molecule has 6 nitrogen and oxygen atoms in total. The number of carbonyl (C=O) groups is 2. The van der Waals surface area contributed by atoms with Crippen LogP contribution in [0.1, 0.15) is 15.9 Å². The van der Waals surface area contributed by atoms with Crippen LogP contribution in [0, 0.1) is 6.92 Å². The van der Waals surface area contributed by atoms with Crippen molar-refractivity contribution in [3.63, 3.8) is 0 Å². The normalized spacial score (nSPS) is 10.2. The molecule has 3 rings (SSSR count). The van der Waals surface area contributed by atoms with Gasteiger partial charge in [0.1, 0.15) is 5.75 Å². The van der Waals surface area contributed by atoms with E-state index in [1.54, 1.807) is 55.6 Å². The van der Waals surface area contributed by atoms with Gasteiger partial charge in [-0.15, -0.1) is 0 Å². The predicted octanol–water partition coefficient (Wildman–Crippen LogP) is 5.07. The van der Waals surface area contributed by atoms with Gasteiger partial charge in [0.15, 0.2) is 0 Å². The van der Waals surface area contributed by atoms with Gasteiger partial charge in [-0.2, -0.15) is 0 Å². The highest BCUT2D eigenvalue weighted by atomic mass is 79.9. The highest BCUT2D eigenvalue weighted by molar-refractivity contribution is 9.10. The summed E-state index contributed by atoms with van der Waals surface area (Å²) in [6, 6.07) is 19.6. The first kappa shape index (κ1) is 21.4. The lowest BCUT2D eigenvalue weighted by Gasteiger charge is -2.10. The monoisotopic (exact) mass is 467 g/mol. The van der Waals surface area contributed by atoms with Crippen LogP contribution in [0.3, 0.4) is 0 Å². The zero-order valence-corrected chi connectivity index (χ0v) is 18.2. The minimum atomic E-state index is -0.231. The Morgan fingerprint density at radius 2 is 1.47 bits per heavy atom. The molecule has 2 amide bonds. The Labute approximate surface area is 183 Å². The molecule has 30 heavy (non-hydrogen) atoms. The molecule has 0 aliphatic heterocycles. The number of amides is 2. The van der Waals surface area contributed by atoms with E-state index in [-0.39, 0.29) is 18.4 Å². The summed E-state index contributed by atoms with van der Waals surface area (Å²) in [7, 11) is 1.59. The van der Waals surface area contributed by atoms with Gasteiger partial charge in [0.05, 0.1) is 13.7 Å². The Bertz CT molecular complexity index is 1030. The molecular weight excluding hydrogens is 446 g/mol. The fraction of sp³-hybridized carbons (Fsp3) is 0.130. The topological polar surface area (TPSA) is 79.5 Å². The third-order valence-corrected chi connectivity index (χ3v) is 5.28. The van der Waals surface area contributed by atoms with E-state index in [0.29, 0.717) is 16.9 Å². The minimum Gasteiger partial charge on any atom is -0.497 e. The maximum absolute atomic E-state index is 12.4. The third kappa shape index (κ3) is 5.84. The molecule has 0 bridgehead atoms. The molecule has 0 saturated heterocycles. The van der Waals surface area contributed by atoms with Gasteiger partial charge in [0.2, 0.25) is 5.91 Å². The van der Waals surface area contributed by atoms with Gasteiger partial charge < -0.3 is 20.7 Å². The van der Waals surface area contributed by atoms with E-state index in [1.807, 2.05) is 25.1 Å². The average Bonchev–Trinajstić information content (AvgIpc) is 2.75. The molecule has 0 atom stereocenters. The second-order valence-electron chi connectivity index (χ2n) is 6.63. The van der Waals surface area contributed by atoms with Crippen LogP contribution in [-0.2, 0) is 4.79 Å². The van der Waals surface area contributed by atoms with Crippen molar-refractivity contribution in [2.75, 3.05) is 29.6 Å². The highest BCUT2D eigenvalue weighted by Gasteiger charge is 2.08. The fourth-order valence-electron chi connectivity index (χ4n) is 2.72. The second-order valence-corrected chi connectivity index (χ2v) is 7.48. The molecule has 3 aromatic carbocycles. The molecule has 0 aliphatic rings. The van der Waals surface area contributed by atoms with Crippen LogP contribution in [0.4, 0.5) is 17.1 Å². The van der Waals surface area contributed by atoms with Crippen LogP contribution in [0.25, 0.3) is 0 Å². The average molecular weight is 468 g/mol. The van der Waals surface area contributed by atoms with Crippen molar-refractivity contribution in [1.82, 2.24) is 0 Å². The van der Waals surface area contributed by atoms with Crippen molar-refractivity contribution in [1.29, 1.82) is 0 Å². The Morgan fingerprint density at radius 1 is 0.867 bits per heavy atom. The number of hydrogen-bond donors (Lipinski definition) is 3. The zero-order chi connectivity index (χ0) is 21.5. The first-order valence-corrected chi connectivity index (χ1v) is 10.1. The lowest BCUT2D eigenvalue weighted by Crippen LogP contribution is -2.21. The standard InChI is InChI=1S/C23H22BrN3O3/c1-15-13-19(9-12-21(15)24)25-14-22(28)26-17-5-3-16(4-6-17)23(29)27-18-7-10-20(30-2)11-8-18/h3-13,25H,14H2,1-2H3,(H,26,28)(H,27,29). The molecule has 7 heteroatoms. The van der Waals surface area contributed by atoms with E-state index in [2.05, 4.69) is 31.9 Å². The van der Waals surface area contributed by atoms with Crippen LogP contribution in [0.5, 0.6) is 5.75 Å². The molecule has 154 valence electrons. The quantitative estimate of drug-likeness (QED) is 0.453. The number of halogens is 1. The number of nitrogens with one attached hydrogen (secondary N) is 3. The SMILES string of the molecule is COc1ccc(NC(=O)c2ccc(NC(=O)CNc3ccc(Br)c(C)c3)cc2)cc1. The zero-order valence-electron chi connectivity index (χ0n) is 16.7. The van der Waals surface area contributed by atoms with E-state index in [9.17, 15) is 9.59 Å². The molecule has 0 saturated carbocycles. The summed E-state index contributed by atoms with van der Waals surface area (Å²) >= 11 is 3.45. The summed E-state index contributed by atoms with van der Waals surface area (Å²) in [4.78, 5) is 24.5. The number of aryl methyl sites for hydroxylation is 1. The van der Waals surface area contributed by atoms with E-state index < -0.39 is 0 Å². The first-order chi connectivity index (χ1) is 14.4. The lowest BCUT2D eigenvalue weighted by atomic mass is 10.2. The maximum Gasteiger partial charge on any atom is 0.255 e. The summed E-state index contributed by atoms with van der Waals surface area (Å²) in [5.74, 6) is 0.314. The number of rotatable bonds is 7. The number of carbonyl (C=O) groups excluding carboxylic acids is 2. The number of benzene rings is 3. The van der Waals surface area contributed by atoms with E-state index in [1.165, 1.54) is 0 Å². The number of methoxy groups -OCH3 is 1. The molecule has 0 radical (unpaired) electrons. The molecule has 0 fully saturated rings. The van der Waals surface area contributed by atoms with Gasteiger partial charge in [-0.1, -0.05) is 15.9 Å². The molecular formula is C23H22BrN3O3. The molecule has 3 N–H and O–H groups in total. The van der Waals surface area contributed by atoms with Crippen LogP contribution >= 0.6 is 15.9 Å². The van der Waals surface area contributed by atoms with E-state index >= 15 is 0 Å². The van der Waals surface area contributed by atoms with Gasteiger partial charge in [0, 0.05) is 27.1 Å². The molecule has 0 unspecified atom stereocenters. The fourth-order valence-corrected chi connectivity index (χ4v) is 2.97. The van der Waals surface area contributed by atoms with Crippen LogP contribution in [0.15, 0.2) is 71.2 Å². The van der Waals surface area contributed by atoms with Gasteiger partial charge in [0.25, 0.3) is 5.91 Å². The third-order valence-electron chi connectivity index (χ3n) is 4.39. The lowest BCUT2D eigenvalue weighted by molar-refractivity contribution is -0.114. The Kier molecular flexibility index (Phi) is 7.08. The van der Waals surface area contributed by atoms with Crippen LogP contribution < -0.4 is 20.7 Å². The van der Waals surface area contributed by atoms with Crippen molar-refractivity contribution in [3.8, 4) is 5.75 Å². The van der Waals surface area contributed by atoms with Crippen molar-refractivity contribution < 1.29 is 14.3 Å². The molecule has 0 aliphatic carbocycles. The Hall–Kier alpha value is -3.32. The van der Waals surface area contributed by atoms with E-state index in [4.69, 9.17) is 4.74 Å². The van der Waals surface area contributed by atoms with Crippen LogP contribution in [-0.4, -0.2) is 25.5 Å². The summed E-state index contributed by atoms with van der Waals surface area (Å²) in [6.07, 6.45) is 0. The summed E-state index contributed by atoms with van der Waals surface area (Å²) in [5.41, 5.74) is 3.75. The van der Waals surface area contributed by atoms with Gasteiger partial charge >= 0.3 is 0 Å². The summed E-state index contributed by atoms with van der Waals surface area (Å²) in [5, 5.41) is 8.72. The van der Waals surface area contributed by atoms with Crippen molar-refractivity contribution in [2.24, 2.45) is 0 Å². The number of anilines is 3. The first-order valence-electron chi connectivity index (χ1n) is 9.30. The van der Waals surface area contributed by atoms with Gasteiger partial charge in [-0.3, -0.25) is 9.59 Å². The summed E-state index contributed by atoms with van der Waals surface area (Å²) in [6.45, 7) is 2.13. The van der Waals surface area contributed by atoms with Gasteiger partial charge in [-0.25, -0.2) is 0 Å². The largest absolute Gasteiger partial charge is 0.497 e. The molecule has 0 aromatic heterocycles. The number of ether oxygens (including phenoxy) is 1. The molecule has 0 heterocycles. The van der Waals surface area contributed by atoms with Crippen molar-refractivity contribution in [2.45, 2.75) is 6.92 Å². The Morgan fingerprint density at radius 3 is 2.10 bits per heavy atom. The number of hydrogen-bond acceptors (Lipinski definition) is 4. The Balaban J connectivity index is 1.52.